The number of carbonyl (C=O) groups is 1. The van der Waals surface area contributed by atoms with Gasteiger partial charge in [0, 0.05) is 23.8 Å². The first-order valence-corrected chi connectivity index (χ1v) is 7.71. The molecular weight excluding hydrogens is 316 g/mol. The molecule has 0 fully saturated rings. The lowest BCUT2D eigenvalue weighted by Gasteiger charge is -2.09. The van der Waals surface area contributed by atoms with E-state index in [0.29, 0.717) is 17.5 Å². The van der Waals surface area contributed by atoms with Crippen LogP contribution in [0.15, 0.2) is 41.3 Å². The van der Waals surface area contributed by atoms with Crippen molar-refractivity contribution in [2.24, 2.45) is 5.92 Å². The molecule has 0 saturated heterocycles. The van der Waals surface area contributed by atoms with Gasteiger partial charge in [-0.15, -0.1) is 0 Å². The maximum Gasteiger partial charge on any atom is 0.267 e. The molecule has 0 aliphatic heterocycles. The van der Waals surface area contributed by atoms with Crippen LogP contribution in [-0.2, 0) is 6.61 Å². The minimum Gasteiger partial charge on any atom is -0.483 e. The molecule has 1 aromatic heterocycles. The van der Waals surface area contributed by atoms with Crippen molar-refractivity contribution in [1.82, 2.24) is 10.3 Å². The van der Waals surface area contributed by atoms with E-state index in [-0.39, 0.29) is 29.4 Å². The number of hydrogen-bond donors (Lipinski definition) is 2. The molecule has 0 radical (unpaired) electrons. The summed E-state index contributed by atoms with van der Waals surface area (Å²) in [6, 6.07) is 8.44. The quantitative estimate of drug-likeness (QED) is 0.853. The summed E-state index contributed by atoms with van der Waals surface area (Å²) < 4.78 is 5.48. The second-order valence-corrected chi connectivity index (χ2v) is 6.03. The predicted octanol–water partition coefficient (Wildman–Crippen LogP) is 2.99. The van der Waals surface area contributed by atoms with Crippen molar-refractivity contribution in [3.63, 3.8) is 0 Å². The van der Waals surface area contributed by atoms with Crippen LogP contribution >= 0.6 is 11.6 Å². The largest absolute Gasteiger partial charge is 0.483 e. The monoisotopic (exact) mass is 334 g/mol. The van der Waals surface area contributed by atoms with Crippen molar-refractivity contribution in [2.75, 3.05) is 6.54 Å². The minimum absolute atomic E-state index is 0.158. The molecule has 0 aliphatic rings. The van der Waals surface area contributed by atoms with Gasteiger partial charge in [-0.1, -0.05) is 37.6 Å². The third kappa shape index (κ3) is 5.14. The normalized spacial score (nSPS) is 10.6. The van der Waals surface area contributed by atoms with Crippen LogP contribution in [0.4, 0.5) is 0 Å². The highest BCUT2D eigenvalue weighted by Crippen LogP contribution is 2.12. The van der Waals surface area contributed by atoms with Crippen molar-refractivity contribution >= 4 is 17.5 Å². The number of carbonyl (C=O) groups excluding carboxylic acids is 1. The van der Waals surface area contributed by atoms with Gasteiger partial charge in [0.15, 0.2) is 5.75 Å². The van der Waals surface area contributed by atoms with Gasteiger partial charge in [0.1, 0.15) is 12.3 Å². The number of rotatable bonds is 6. The van der Waals surface area contributed by atoms with Crippen molar-refractivity contribution in [3.8, 4) is 5.75 Å². The topological polar surface area (TPSA) is 71.2 Å². The third-order valence-corrected chi connectivity index (χ3v) is 3.31. The molecule has 0 spiro atoms. The molecule has 0 bridgehead atoms. The van der Waals surface area contributed by atoms with E-state index in [2.05, 4.69) is 10.3 Å². The number of pyridine rings is 1. The van der Waals surface area contributed by atoms with Crippen LogP contribution in [0, 0.1) is 5.92 Å². The number of benzene rings is 1. The highest BCUT2D eigenvalue weighted by atomic mass is 35.5. The molecule has 6 heteroatoms. The lowest BCUT2D eigenvalue weighted by molar-refractivity contribution is 0.0944. The smallest absolute Gasteiger partial charge is 0.267 e. The Labute approximate surface area is 139 Å². The van der Waals surface area contributed by atoms with Gasteiger partial charge >= 0.3 is 0 Å². The van der Waals surface area contributed by atoms with Gasteiger partial charge in [-0.05, 0) is 23.6 Å². The molecule has 0 aliphatic carbocycles. The maximum atomic E-state index is 12.0. The SMILES string of the molecule is CC(C)CNC(=O)c1cc(=O)c(OCc2cccc(Cl)c2)c[nH]1. The average Bonchev–Trinajstić information content (AvgIpc) is 2.51. The van der Waals surface area contributed by atoms with Gasteiger partial charge in [-0.25, -0.2) is 0 Å². The lowest BCUT2D eigenvalue weighted by atomic mass is 10.2. The number of ether oxygens (including phenoxy) is 1. The first-order valence-electron chi connectivity index (χ1n) is 7.34. The second-order valence-electron chi connectivity index (χ2n) is 5.60. The van der Waals surface area contributed by atoms with Crippen molar-refractivity contribution in [3.05, 3.63) is 63.0 Å². The molecule has 0 unspecified atom stereocenters. The Morgan fingerprint density at radius 1 is 1.35 bits per heavy atom. The molecule has 122 valence electrons. The fraction of sp³-hybridized carbons (Fsp3) is 0.294. The van der Waals surface area contributed by atoms with Crippen LogP contribution in [0.5, 0.6) is 5.75 Å². The van der Waals surface area contributed by atoms with E-state index in [1.165, 1.54) is 12.3 Å². The zero-order valence-electron chi connectivity index (χ0n) is 13.1. The van der Waals surface area contributed by atoms with Gasteiger partial charge in [-0.2, -0.15) is 0 Å². The highest BCUT2D eigenvalue weighted by Gasteiger charge is 2.10. The minimum atomic E-state index is -0.347. The summed E-state index contributed by atoms with van der Waals surface area (Å²) in [6.45, 7) is 4.77. The maximum absolute atomic E-state index is 12.0. The van der Waals surface area contributed by atoms with E-state index in [1.807, 2.05) is 26.0 Å². The van der Waals surface area contributed by atoms with E-state index in [1.54, 1.807) is 12.1 Å². The van der Waals surface area contributed by atoms with Crippen LogP contribution in [-0.4, -0.2) is 17.4 Å². The van der Waals surface area contributed by atoms with E-state index in [4.69, 9.17) is 16.3 Å². The number of amides is 1. The van der Waals surface area contributed by atoms with Gasteiger partial charge in [0.2, 0.25) is 5.43 Å². The first kappa shape index (κ1) is 17.1. The number of aromatic amines is 1. The fourth-order valence-corrected chi connectivity index (χ4v) is 2.09. The molecule has 2 aromatic rings. The van der Waals surface area contributed by atoms with E-state index in [9.17, 15) is 9.59 Å². The molecular formula is C17H19ClN2O3. The Hall–Kier alpha value is -2.27. The van der Waals surface area contributed by atoms with Crippen molar-refractivity contribution < 1.29 is 9.53 Å². The van der Waals surface area contributed by atoms with E-state index < -0.39 is 0 Å². The van der Waals surface area contributed by atoms with Gasteiger partial charge < -0.3 is 15.0 Å². The molecule has 23 heavy (non-hydrogen) atoms. The Bertz CT molecular complexity index is 741. The van der Waals surface area contributed by atoms with Crippen molar-refractivity contribution in [2.45, 2.75) is 20.5 Å². The Balaban J connectivity index is 2.02. The number of H-pyrrole nitrogens is 1. The van der Waals surface area contributed by atoms with Crippen LogP contribution in [0.25, 0.3) is 0 Å². The van der Waals surface area contributed by atoms with Crippen LogP contribution in [0.3, 0.4) is 0 Å². The van der Waals surface area contributed by atoms with Gasteiger partial charge in [-0.3, -0.25) is 9.59 Å². The van der Waals surface area contributed by atoms with Crippen LogP contribution in [0.1, 0.15) is 29.9 Å². The van der Waals surface area contributed by atoms with E-state index >= 15 is 0 Å². The van der Waals surface area contributed by atoms with E-state index in [0.717, 1.165) is 5.56 Å². The van der Waals surface area contributed by atoms with Gasteiger partial charge in [0.05, 0.1) is 0 Å². The highest BCUT2D eigenvalue weighted by molar-refractivity contribution is 6.30. The molecule has 2 N–H and O–H groups in total. The summed E-state index contributed by atoms with van der Waals surface area (Å²) in [6.07, 6.45) is 1.40. The zero-order valence-corrected chi connectivity index (χ0v) is 13.8. The Morgan fingerprint density at radius 3 is 2.78 bits per heavy atom. The summed E-state index contributed by atoms with van der Waals surface area (Å²) in [7, 11) is 0. The summed E-state index contributed by atoms with van der Waals surface area (Å²) >= 11 is 5.90. The zero-order chi connectivity index (χ0) is 16.8. The van der Waals surface area contributed by atoms with Crippen LogP contribution < -0.4 is 15.5 Å². The third-order valence-electron chi connectivity index (χ3n) is 3.08. The summed E-state index contributed by atoms with van der Waals surface area (Å²) in [4.78, 5) is 26.7. The number of aromatic nitrogens is 1. The summed E-state index contributed by atoms with van der Waals surface area (Å²) in [5.74, 6) is 0.188. The lowest BCUT2D eigenvalue weighted by Crippen LogP contribution is -2.29. The molecule has 5 nitrogen and oxygen atoms in total. The standard InChI is InChI=1S/C17H19ClN2O3/c1-11(2)8-20-17(22)14-7-15(21)16(9-19-14)23-10-12-4-3-5-13(18)6-12/h3-7,9,11H,8,10H2,1-2H3,(H,19,21)(H,20,22). The Morgan fingerprint density at radius 2 is 2.13 bits per heavy atom. The van der Waals surface area contributed by atoms with Crippen LogP contribution in [0.2, 0.25) is 5.02 Å². The second kappa shape index (κ2) is 7.83. The summed E-state index contributed by atoms with van der Waals surface area (Å²) in [5, 5.41) is 3.35. The molecule has 1 aromatic carbocycles. The van der Waals surface area contributed by atoms with Gasteiger partial charge in [0.25, 0.3) is 5.91 Å². The molecule has 1 amide bonds. The fourth-order valence-electron chi connectivity index (χ4n) is 1.88. The molecule has 2 rings (SSSR count). The number of halogens is 1. The molecule has 1 heterocycles. The Kier molecular flexibility index (Phi) is 5.82. The number of hydrogen-bond acceptors (Lipinski definition) is 3. The number of nitrogens with one attached hydrogen (secondary N) is 2. The predicted molar refractivity (Wildman–Crippen MR) is 90.0 cm³/mol. The molecule has 0 saturated carbocycles. The van der Waals surface area contributed by atoms with Crippen molar-refractivity contribution in [1.29, 1.82) is 0 Å². The average molecular weight is 335 g/mol. The molecule has 0 atom stereocenters. The first-order chi connectivity index (χ1) is 11.0. The summed E-state index contributed by atoms with van der Waals surface area (Å²) in [5.41, 5.74) is 0.724.